The van der Waals surface area contributed by atoms with Crippen LogP contribution in [0.4, 0.5) is 0 Å². The fourth-order valence-electron chi connectivity index (χ4n) is 1.37. The minimum absolute atomic E-state index is 0.321. The molecular formula is C13H27NO6S. The maximum Gasteiger partial charge on any atom is 0.330 e. The summed E-state index contributed by atoms with van der Waals surface area (Å²) >= 11 is 0. The van der Waals surface area contributed by atoms with Crippen LogP contribution >= 0.6 is 0 Å². The Morgan fingerprint density at radius 2 is 1.76 bits per heavy atom. The van der Waals surface area contributed by atoms with Crippen LogP contribution < -0.4 is 0 Å². The Labute approximate surface area is 128 Å². The molecular weight excluding hydrogens is 298 g/mol. The van der Waals surface area contributed by atoms with Crippen LogP contribution in [0.3, 0.4) is 0 Å². The van der Waals surface area contributed by atoms with E-state index in [1.807, 2.05) is 0 Å². The minimum Gasteiger partial charge on any atom is -0.726 e. The smallest absolute Gasteiger partial charge is 0.330 e. The first-order valence-electron chi connectivity index (χ1n) is 6.78. The fourth-order valence-corrected chi connectivity index (χ4v) is 1.37. The molecule has 0 rings (SSSR count). The Hall–Kier alpha value is -0.960. The lowest BCUT2D eigenvalue weighted by atomic mass is 10.2. The number of carbonyl (C=O) groups excluding carboxylic acids is 1. The van der Waals surface area contributed by atoms with E-state index in [1.165, 1.54) is 6.08 Å². The SMILES string of the molecule is C=CC(=O)OCCCC[N+](C)(CC)CC.COS(=O)(=O)[O-]. The van der Waals surface area contributed by atoms with Crippen molar-refractivity contribution in [1.82, 2.24) is 0 Å². The standard InChI is InChI=1S/C12H24NO2.CH4O4S/c1-5-12(14)15-11-9-8-10-13(4,6-2)7-3;1-5-6(2,3)4/h5H,1,6-11H2,2-4H3;1H3,(H,2,3,4)/q+1;/p-1. The van der Waals surface area contributed by atoms with Crippen LogP contribution in [0.5, 0.6) is 0 Å². The van der Waals surface area contributed by atoms with Gasteiger partial charge in [0, 0.05) is 6.08 Å². The number of hydrogen-bond acceptors (Lipinski definition) is 6. The van der Waals surface area contributed by atoms with Gasteiger partial charge >= 0.3 is 5.97 Å². The summed E-state index contributed by atoms with van der Waals surface area (Å²) in [5.74, 6) is -0.321. The highest BCUT2D eigenvalue weighted by Gasteiger charge is 2.14. The Balaban J connectivity index is 0. The summed E-state index contributed by atoms with van der Waals surface area (Å²) in [4.78, 5) is 10.7. The van der Waals surface area contributed by atoms with Gasteiger partial charge in [0.05, 0.1) is 40.4 Å². The highest BCUT2D eigenvalue weighted by molar-refractivity contribution is 7.80. The van der Waals surface area contributed by atoms with Crippen molar-refractivity contribution in [2.75, 3.05) is 40.4 Å². The number of nitrogens with zero attached hydrogens (tertiary/aromatic N) is 1. The predicted molar refractivity (Wildman–Crippen MR) is 79.2 cm³/mol. The van der Waals surface area contributed by atoms with Crippen molar-refractivity contribution < 1.29 is 31.2 Å². The second-order valence-corrected chi connectivity index (χ2v) is 5.78. The summed E-state index contributed by atoms with van der Waals surface area (Å²) in [5, 5.41) is 0. The van der Waals surface area contributed by atoms with Gasteiger partial charge in [-0.25, -0.2) is 13.2 Å². The largest absolute Gasteiger partial charge is 0.726 e. The molecule has 0 aliphatic rings. The van der Waals surface area contributed by atoms with E-state index in [1.54, 1.807) is 0 Å². The van der Waals surface area contributed by atoms with E-state index in [9.17, 15) is 17.8 Å². The Morgan fingerprint density at radius 1 is 1.29 bits per heavy atom. The topological polar surface area (TPSA) is 92.7 Å². The van der Waals surface area contributed by atoms with Gasteiger partial charge in [0.15, 0.2) is 0 Å². The molecule has 0 aromatic carbocycles. The third kappa shape index (κ3) is 15.3. The lowest BCUT2D eigenvalue weighted by Gasteiger charge is -2.32. The van der Waals surface area contributed by atoms with Crippen molar-refractivity contribution in [1.29, 1.82) is 0 Å². The zero-order chi connectivity index (χ0) is 16.9. The molecule has 0 saturated heterocycles. The first-order chi connectivity index (χ1) is 9.64. The minimum atomic E-state index is -4.41. The number of hydrogen-bond donors (Lipinski definition) is 0. The van der Waals surface area contributed by atoms with Crippen LogP contribution in [0.15, 0.2) is 12.7 Å². The van der Waals surface area contributed by atoms with E-state index in [0.29, 0.717) is 6.61 Å². The van der Waals surface area contributed by atoms with Crippen LogP contribution in [0.25, 0.3) is 0 Å². The van der Waals surface area contributed by atoms with Crippen LogP contribution in [-0.2, 0) is 24.1 Å². The number of carbonyl (C=O) groups is 1. The van der Waals surface area contributed by atoms with Crippen LogP contribution in [0.1, 0.15) is 26.7 Å². The van der Waals surface area contributed by atoms with Gasteiger partial charge in [0.1, 0.15) is 0 Å². The van der Waals surface area contributed by atoms with Gasteiger partial charge < -0.3 is 13.8 Å². The zero-order valence-electron chi connectivity index (χ0n) is 13.3. The normalized spacial score (nSPS) is 11.3. The number of esters is 1. The van der Waals surface area contributed by atoms with Crippen LogP contribution in [-0.4, -0.2) is 63.8 Å². The summed E-state index contributed by atoms with van der Waals surface area (Å²) in [6.07, 6.45) is 3.24. The predicted octanol–water partition coefficient (Wildman–Crippen LogP) is 1.08. The maximum absolute atomic E-state index is 10.7. The maximum atomic E-state index is 10.7. The lowest BCUT2D eigenvalue weighted by molar-refractivity contribution is -0.906. The molecule has 0 amide bonds. The van der Waals surface area contributed by atoms with Crippen molar-refractivity contribution in [2.45, 2.75) is 26.7 Å². The van der Waals surface area contributed by atoms with Crippen molar-refractivity contribution in [3.8, 4) is 0 Å². The molecule has 0 aromatic heterocycles. The third-order valence-electron chi connectivity index (χ3n) is 3.23. The molecule has 0 aliphatic heterocycles. The molecule has 0 heterocycles. The van der Waals surface area contributed by atoms with E-state index in [-0.39, 0.29) is 5.97 Å². The number of ether oxygens (including phenoxy) is 1. The van der Waals surface area contributed by atoms with Gasteiger partial charge in [-0.3, -0.25) is 4.18 Å². The monoisotopic (exact) mass is 325 g/mol. The van der Waals surface area contributed by atoms with Gasteiger partial charge in [-0.1, -0.05) is 6.58 Å². The number of quaternary nitrogens is 1. The molecule has 0 radical (unpaired) electrons. The first-order valence-corrected chi connectivity index (χ1v) is 8.11. The average molecular weight is 325 g/mol. The van der Waals surface area contributed by atoms with E-state index >= 15 is 0 Å². The summed E-state index contributed by atoms with van der Waals surface area (Å²) in [7, 11) is -1.34. The summed E-state index contributed by atoms with van der Waals surface area (Å²) in [6.45, 7) is 11.7. The summed E-state index contributed by atoms with van der Waals surface area (Å²) < 4.78 is 37.0. The van der Waals surface area contributed by atoms with E-state index < -0.39 is 10.4 Å². The van der Waals surface area contributed by atoms with Crippen molar-refractivity contribution in [3.05, 3.63) is 12.7 Å². The quantitative estimate of drug-likeness (QED) is 0.157. The second kappa shape index (κ2) is 11.7. The number of rotatable bonds is 9. The molecule has 0 saturated carbocycles. The highest BCUT2D eigenvalue weighted by Crippen LogP contribution is 2.04. The third-order valence-corrected chi connectivity index (χ3v) is 3.64. The van der Waals surface area contributed by atoms with Crippen molar-refractivity contribution in [3.63, 3.8) is 0 Å². The molecule has 0 N–H and O–H groups in total. The molecule has 7 nitrogen and oxygen atoms in total. The average Bonchev–Trinajstić information content (AvgIpc) is 2.46. The number of unbranched alkanes of at least 4 members (excludes halogenated alkanes) is 1. The molecule has 0 aliphatic carbocycles. The molecule has 126 valence electrons. The highest BCUT2D eigenvalue weighted by atomic mass is 32.3. The van der Waals surface area contributed by atoms with Crippen LogP contribution in [0.2, 0.25) is 0 Å². The van der Waals surface area contributed by atoms with E-state index in [2.05, 4.69) is 31.7 Å². The van der Waals surface area contributed by atoms with E-state index in [0.717, 1.165) is 44.1 Å². The van der Waals surface area contributed by atoms with Crippen molar-refractivity contribution in [2.24, 2.45) is 0 Å². The molecule has 0 unspecified atom stereocenters. The van der Waals surface area contributed by atoms with Crippen molar-refractivity contribution >= 4 is 16.4 Å². The molecule has 21 heavy (non-hydrogen) atoms. The van der Waals surface area contributed by atoms with Gasteiger partial charge in [-0.05, 0) is 26.7 Å². The zero-order valence-corrected chi connectivity index (χ0v) is 14.1. The Bertz CT molecular complexity index is 389. The molecule has 0 spiro atoms. The Morgan fingerprint density at radius 3 is 2.10 bits per heavy atom. The van der Waals surface area contributed by atoms with Gasteiger partial charge in [-0.15, -0.1) is 0 Å². The molecule has 0 fully saturated rings. The van der Waals surface area contributed by atoms with E-state index in [4.69, 9.17) is 4.74 Å². The van der Waals surface area contributed by atoms with Crippen LogP contribution in [0, 0.1) is 0 Å². The molecule has 0 atom stereocenters. The first kappa shape index (κ1) is 22.3. The summed E-state index contributed by atoms with van der Waals surface area (Å²) in [5.41, 5.74) is 0. The Kier molecular flexibility index (Phi) is 12.4. The molecule has 0 bridgehead atoms. The fraction of sp³-hybridized carbons (Fsp3) is 0.769. The lowest BCUT2D eigenvalue weighted by Crippen LogP contribution is -2.44. The second-order valence-electron chi connectivity index (χ2n) is 4.63. The van der Waals surface area contributed by atoms with Gasteiger partial charge in [0.25, 0.3) is 0 Å². The van der Waals surface area contributed by atoms with Gasteiger partial charge in [-0.2, -0.15) is 0 Å². The molecule has 8 heteroatoms. The summed E-state index contributed by atoms with van der Waals surface area (Å²) in [6, 6.07) is 0. The van der Waals surface area contributed by atoms with Gasteiger partial charge in [0.2, 0.25) is 10.4 Å². The molecule has 0 aromatic rings.